The molecule has 9 heteroatoms. The first-order valence-corrected chi connectivity index (χ1v) is 30.4. The number of nitrogens with one attached hydrogen (secondary N) is 1. The number of unbranched alkanes of at least 4 members (excludes halogenated alkanes) is 14. The van der Waals surface area contributed by atoms with Crippen LogP contribution in [0.25, 0.3) is 0 Å². The Bertz CT molecular complexity index is 2060. The number of esters is 1. The molecule has 2 N–H and O–H groups in total. The summed E-state index contributed by atoms with van der Waals surface area (Å²) in [5.74, 6) is 6.01. The molecule has 4 aliphatic carbocycles. The third kappa shape index (κ3) is 17.3. The predicted molar refractivity (Wildman–Crippen MR) is 303 cm³/mol. The van der Waals surface area contributed by atoms with E-state index in [1.807, 2.05) is 6.07 Å². The normalized spacial score (nSPS) is 24.7. The molecule has 6 rings (SSSR count). The summed E-state index contributed by atoms with van der Waals surface area (Å²) in [6.07, 6.45) is 38.1. The number of allylic oxidation sites excluding steroid dienone is 1. The van der Waals surface area contributed by atoms with E-state index in [9.17, 15) is 14.7 Å². The first kappa shape index (κ1) is 59.2. The van der Waals surface area contributed by atoms with Crippen LogP contribution in [0, 0.1) is 46.3 Å². The highest BCUT2D eigenvalue weighted by atomic mass is 16.5. The van der Waals surface area contributed by atoms with E-state index in [-0.39, 0.29) is 29.7 Å². The molecule has 74 heavy (non-hydrogen) atoms. The van der Waals surface area contributed by atoms with Crippen molar-refractivity contribution < 1.29 is 33.6 Å². The summed E-state index contributed by atoms with van der Waals surface area (Å²) in [6, 6.07) is 10.3. The number of carbonyl (C=O) groups is 2. The van der Waals surface area contributed by atoms with Crippen molar-refractivity contribution in [3.8, 4) is 23.0 Å². The number of aromatic hydroxyl groups is 1. The van der Waals surface area contributed by atoms with E-state index in [0.29, 0.717) is 60.0 Å². The Labute approximate surface area is 449 Å². The highest BCUT2D eigenvalue weighted by Gasteiger charge is 2.59. The molecule has 3 fully saturated rings. The summed E-state index contributed by atoms with van der Waals surface area (Å²) in [6.45, 7) is 18.5. The number of carbonyl (C=O) groups excluding carboxylic acids is 2. The summed E-state index contributed by atoms with van der Waals surface area (Å²) in [5.41, 5.74) is 5.70. The number of hydrogen-bond acceptors (Lipinski definition) is 8. The van der Waals surface area contributed by atoms with Gasteiger partial charge in [0.05, 0.1) is 26.0 Å². The number of hydrogen-bond donors (Lipinski definition) is 2. The minimum Gasteiger partial charge on any atom is -0.507 e. The molecule has 0 heterocycles. The molecule has 4 aliphatic rings. The van der Waals surface area contributed by atoms with Crippen LogP contribution in [-0.2, 0) is 9.53 Å². The molecule has 0 saturated heterocycles. The van der Waals surface area contributed by atoms with Gasteiger partial charge in [0.15, 0.2) is 11.5 Å². The fourth-order valence-electron chi connectivity index (χ4n) is 14.1. The largest absolute Gasteiger partial charge is 0.507 e. The van der Waals surface area contributed by atoms with Gasteiger partial charge in [0.2, 0.25) is 0 Å². The lowest BCUT2D eigenvalue weighted by atomic mass is 9.47. The van der Waals surface area contributed by atoms with Gasteiger partial charge >= 0.3 is 5.97 Å². The minimum absolute atomic E-state index is 0.0287. The highest BCUT2D eigenvalue weighted by molar-refractivity contribution is 5.95. The Morgan fingerprint density at radius 3 is 2.05 bits per heavy atom. The molecular weight excluding hydrogens is 921 g/mol. The molecule has 0 aliphatic heterocycles. The maximum atomic E-state index is 13.3. The molecule has 414 valence electrons. The van der Waals surface area contributed by atoms with Crippen LogP contribution < -0.4 is 19.6 Å². The lowest BCUT2D eigenvalue weighted by Crippen LogP contribution is -2.51. The van der Waals surface area contributed by atoms with E-state index in [1.165, 1.54) is 141 Å². The molecule has 2 aromatic carbocycles. The molecule has 8 atom stereocenters. The summed E-state index contributed by atoms with van der Waals surface area (Å²) >= 11 is 0. The molecule has 2 aromatic rings. The van der Waals surface area contributed by atoms with Crippen LogP contribution in [0.1, 0.15) is 251 Å². The Morgan fingerprint density at radius 2 is 1.38 bits per heavy atom. The summed E-state index contributed by atoms with van der Waals surface area (Å²) in [7, 11) is 0. The smallest absolute Gasteiger partial charge is 0.306 e. The second kappa shape index (κ2) is 30.7. The Balaban J connectivity index is 0.907. The van der Waals surface area contributed by atoms with E-state index in [4.69, 9.17) is 18.9 Å². The number of nitrogens with zero attached hydrogens (tertiary/aromatic N) is 1. The zero-order valence-electron chi connectivity index (χ0n) is 47.6. The average molecular weight is 1020 g/mol. The summed E-state index contributed by atoms with van der Waals surface area (Å²) in [4.78, 5) is 26.4. The van der Waals surface area contributed by atoms with Gasteiger partial charge in [0.25, 0.3) is 5.91 Å². The van der Waals surface area contributed by atoms with Gasteiger partial charge in [-0.3, -0.25) is 9.59 Å². The fraction of sp³-hybridized carbons (Fsp3) is 0.738. The van der Waals surface area contributed by atoms with Crippen LogP contribution in [0.2, 0.25) is 0 Å². The van der Waals surface area contributed by atoms with Gasteiger partial charge in [0, 0.05) is 30.0 Å². The fourth-order valence-corrected chi connectivity index (χ4v) is 14.1. The second-order valence-electron chi connectivity index (χ2n) is 24.3. The van der Waals surface area contributed by atoms with Gasteiger partial charge in [-0.1, -0.05) is 169 Å². The molecular formula is C65H102N2O7. The van der Waals surface area contributed by atoms with Crippen LogP contribution in [0.5, 0.6) is 23.0 Å². The van der Waals surface area contributed by atoms with Gasteiger partial charge < -0.3 is 24.1 Å². The lowest BCUT2D eigenvalue weighted by molar-refractivity contribution is -0.151. The predicted octanol–water partition coefficient (Wildman–Crippen LogP) is 17.3. The average Bonchev–Trinajstić information content (AvgIpc) is 3.74. The van der Waals surface area contributed by atoms with Crippen molar-refractivity contribution in [3.63, 3.8) is 0 Å². The van der Waals surface area contributed by atoms with Crippen LogP contribution in [0.15, 0.2) is 53.1 Å². The number of fused-ring (bicyclic) bond motifs is 5. The number of hydrazone groups is 1. The number of phenols is 1. The molecule has 0 unspecified atom stereocenters. The molecule has 0 aromatic heterocycles. The Kier molecular flexibility index (Phi) is 24.5. The van der Waals surface area contributed by atoms with Gasteiger partial charge in [-0.25, -0.2) is 5.43 Å². The zero-order valence-corrected chi connectivity index (χ0v) is 47.6. The van der Waals surface area contributed by atoms with Gasteiger partial charge in [-0.05, 0) is 141 Å². The molecule has 0 spiro atoms. The highest BCUT2D eigenvalue weighted by Crippen LogP contribution is 2.67. The van der Waals surface area contributed by atoms with Crippen molar-refractivity contribution in [3.05, 3.63) is 59.2 Å². The summed E-state index contributed by atoms with van der Waals surface area (Å²) < 4.78 is 24.5. The maximum absolute atomic E-state index is 13.3. The topological polar surface area (TPSA) is 116 Å². The number of amides is 1. The Hall–Kier alpha value is -4.01. The van der Waals surface area contributed by atoms with Crippen molar-refractivity contribution >= 4 is 18.1 Å². The molecule has 1 amide bonds. The molecule has 9 nitrogen and oxygen atoms in total. The van der Waals surface area contributed by atoms with E-state index < -0.39 is 5.91 Å². The van der Waals surface area contributed by atoms with E-state index in [0.717, 1.165) is 80.5 Å². The first-order valence-electron chi connectivity index (χ1n) is 30.4. The van der Waals surface area contributed by atoms with Crippen molar-refractivity contribution in [1.82, 2.24) is 5.43 Å². The lowest BCUT2D eigenvalue weighted by Gasteiger charge is -2.58. The van der Waals surface area contributed by atoms with Crippen LogP contribution in [0.3, 0.4) is 0 Å². The number of phenolic OH excluding ortho intramolecular Hbond substituents is 1. The van der Waals surface area contributed by atoms with Gasteiger partial charge in [0.1, 0.15) is 17.6 Å². The van der Waals surface area contributed by atoms with Crippen molar-refractivity contribution in [2.75, 3.05) is 19.8 Å². The van der Waals surface area contributed by atoms with E-state index in [2.05, 4.69) is 65.1 Å². The third-order valence-corrected chi connectivity index (χ3v) is 18.4. The van der Waals surface area contributed by atoms with Gasteiger partial charge in [-0.2, -0.15) is 5.10 Å². The van der Waals surface area contributed by atoms with E-state index in [1.54, 1.807) is 29.8 Å². The Morgan fingerprint density at radius 1 is 0.716 bits per heavy atom. The molecule has 0 bridgehead atoms. The van der Waals surface area contributed by atoms with Crippen molar-refractivity contribution in [2.24, 2.45) is 51.4 Å². The van der Waals surface area contributed by atoms with Crippen molar-refractivity contribution in [2.45, 2.75) is 241 Å². The van der Waals surface area contributed by atoms with Crippen LogP contribution >= 0.6 is 0 Å². The first-order chi connectivity index (χ1) is 35.9. The third-order valence-electron chi connectivity index (χ3n) is 18.4. The van der Waals surface area contributed by atoms with Crippen LogP contribution in [0.4, 0.5) is 0 Å². The van der Waals surface area contributed by atoms with Crippen LogP contribution in [-0.4, -0.2) is 49.1 Å². The molecule has 3 saturated carbocycles. The standard InChI is InChI=1S/C65H102N2O7/c1-8-10-12-14-16-18-20-22-41-72-60-36-30-50(44-61(60)73-42-23-21-19-17-15-13-11-9-2)63(70)67-66-47-51-29-32-53(46-59(51)68)71-43-25-28-62(69)74-54-37-39-64(6)52(45-54)31-33-55-57-35-34-56(49(5)27-24-26-48(3)4)65(57,7)40-38-58(55)64/h29-32,36,44,46-49,54-58,68H,8-28,33-35,37-43,45H2,1-7H3,(H,67,70)/b66-47+/t49-,54+,55+,56-,57+,58+,64+,65-/m1/s1. The SMILES string of the molecule is CCCCCCCCCCOc1ccc(C(=O)N/N=C/c2ccc(OCCCC(=O)O[C@H]3CC[C@@]4(C)C(=CC[C@H]5[C@@H]6CC[C@H]([C@H](C)CCCC(C)C)[C@@]6(C)CC[C@@H]54)C3)cc2O)cc1OCCCCCCCCCC. The number of benzene rings is 2. The molecule has 0 radical (unpaired) electrons. The van der Waals surface area contributed by atoms with Gasteiger partial charge in [-0.15, -0.1) is 0 Å². The quantitative estimate of drug-likeness (QED) is 0.0236. The second-order valence-corrected chi connectivity index (χ2v) is 24.3. The maximum Gasteiger partial charge on any atom is 0.306 e. The summed E-state index contributed by atoms with van der Waals surface area (Å²) in [5, 5.41) is 15.0. The zero-order chi connectivity index (χ0) is 52.8. The van der Waals surface area contributed by atoms with Crippen molar-refractivity contribution in [1.29, 1.82) is 0 Å². The number of ether oxygens (including phenoxy) is 4. The minimum atomic E-state index is -0.390. The van der Waals surface area contributed by atoms with E-state index >= 15 is 0 Å². The monoisotopic (exact) mass is 1020 g/mol. The number of rotatable bonds is 34.